The number of esters is 4. The summed E-state index contributed by atoms with van der Waals surface area (Å²) in [6.45, 7) is 0. The minimum atomic E-state index is -0.597. The number of carbonyl (C=O) groups excluding carboxylic acids is 4. The van der Waals surface area contributed by atoms with Gasteiger partial charge in [-0.25, -0.2) is 19.2 Å². The maximum atomic E-state index is 11.9. The fraction of sp³-hybridized carbons (Fsp3) is 0.231. The third-order valence-electron chi connectivity index (χ3n) is 4.39. The molecule has 2 aromatic rings. The van der Waals surface area contributed by atoms with Crippen LogP contribution in [0.15, 0.2) is 36.4 Å². The van der Waals surface area contributed by atoms with Crippen molar-refractivity contribution in [3.63, 3.8) is 0 Å². The summed E-state index contributed by atoms with van der Waals surface area (Å²) in [5.41, 5.74) is 1.63. The lowest BCUT2D eigenvalue weighted by Gasteiger charge is -2.04. The van der Waals surface area contributed by atoms with Crippen molar-refractivity contribution < 1.29 is 38.1 Å². The van der Waals surface area contributed by atoms with E-state index in [1.54, 1.807) is 0 Å². The number of benzene rings is 2. The second kappa shape index (κ2) is 12.5. The van der Waals surface area contributed by atoms with E-state index in [0.717, 1.165) is 0 Å². The Bertz CT molecular complexity index is 1070. The van der Waals surface area contributed by atoms with Crippen LogP contribution in [0.4, 0.5) is 0 Å². The van der Waals surface area contributed by atoms with Crippen LogP contribution in [0, 0.1) is 23.7 Å². The van der Waals surface area contributed by atoms with Crippen LogP contribution in [0.25, 0.3) is 0 Å². The van der Waals surface area contributed by atoms with Crippen molar-refractivity contribution in [2.45, 2.75) is 12.8 Å². The fourth-order valence-electron chi connectivity index (χ4n) is 2.80. The normalized spacial score (nSPS) is 9.41. The molecule has 0 N–H and O–H groups in total. The number of hydrogen-bond acceptors (Lipinski definition) is 8. The molecule has 0 radical (unpaired) electrons. The van der Waals surface area contributed by atoms with Crippen LogP contribution >= 0.6 is 0 Å². The highest BCUT2D eigenvalue weighted by Gasteiger charge is 2.14. The van der Waals surface area contributed by atoms with Gasteiger partial charge in [0.15, 0.2) is 0 Å². The minimum Gasteiger partial charge on any atom is -0.465 e. The van der Waals surface area contributed by atoms with Gasteiger partial charge >= 0.3 is 23.9 Å². The average Bonchev–Trinajstić information content (AvgIpc) is 2.88. The van der Waals surface area contributed by atoms with Gasteiger partial charge in [0.1, 0.15) is 0 Å². The largest absolute Gasteiger partial charge is 0.465 e. The van der Waals surface area contributed by atoms with Crippen LogP contribution in [-0.2, 0) is 18.9 Å². The molecule has 0 amide bonds. The lowest BCUT2D eigenvalue weighted by atomic mass is 10.1. The Balaban J connectivity index is 2.18. The van der Waals surface area contributed by atoms with Gasteiger partial charge in [0.05, 0.1) is 50.7 Å². The van der Waals surface area contributed by atoms with Crippen LogP contribution < -0.4 is 0 Å². The van der Waals surface area contributed by atoms with E-state index in [4.69, 9.17) is 18.9 Å². The molecule has 8 nitrogen and oxygen atoms in total. The van der Waals surface area contributed by atoms with Crippen molar-refractivity contribution in [2.24, 2.45) is 0 Å². The molecule has 0 unspecified atom stereocenters. The Morgan fingerprint density at radius 2 is 0.794 bits per heavy atom. The van der Waals surface area contributed by atoms with Crippen LogP contribution in [0.3, 0.4) is 0 Å². The van der Waals surface area contributed by atoms with Gasteiger partial charge in [-0.2, -0.15) is 0 Å². The molecule has 0 aliphatic heterocycles. The van der Waals surface area contributed by atoms with Crippen LogP contribution in [0.5, 0.6) is 0 Å². The van der Waals surface area contributed by atoms with Crippen molar-refractivity contribution in [1.82, 2.24) is 0 Å². The van der Waals surface area contributed by atoms with E-state index in [0.29, 0.717) is 24.0 Å². The van der Waals surface area contributed by atoms with Gasteiger partial charge in [0, 0.05) is 24.0 Å². The van der Waals surface area contributed by atoms with Gasteiger partial charge < -0.3 is 18.9 Å². The monoisotopic (exact) mass is 462 g/mol. The lowest BCUT2D eigenvalue weighted by Crippen LogP contribution is -2.07. The minimum absolute atomic E-state index is 0.182. The maximum absolute atomic E-state index is 11.9. The number of ether oxygens (including phenoxy) is 4. The van der Waals surface area contributed by atoms with Gasteiger partial charge in [-0.15, -0.1) is 0 Å². The first-order valence-corrected chi connectivity index (χ1v) is 9.94. The van der Waals surface area contributed by atoms with E-state index in [9.17, 15) is 19.2 Å². The second-order valence-corrected chi connectivity index (χ2v) is 6.67. The molecule has 0 saturated carbocycles. The molecular weight excluding hydrogens is 440 g/mol. The molecule has 0 spiro atoms. The van der Waals surface area contributed by atoms with Gasteiger partial charge in [-0.1, -0.05) is 23.7 Å². The SMILES string of the molecule is COC(=O)c1cc(C#CCCC#Cc2cc(C(=O)OC)cc(C(=O)OC)c2)cc(C(=O)OC)c1. The van der Waals surface area contributed by atoms with Crippen molar-refractivity contribution in [1.29, 1.82) is 0 Å². The molecule has 0 bridgehead atoms. The zero-order chi connectivity index (χ0) is 25.1. The summed E-state index contributed by atoms with van der Waals surface area (Å²) in [4.78, 5) is 47.4. The zero-order valence-corrected chi connectivity index (χ0v) is 19.1. The first-order valence-electron chi connectivity index (χ1n) is 9.94. The van der Waals surface area contributed by atoms with Gasteiger partial charge in [-0.05, 0) is 36.4 Å². The molecule has 0 aliphatic rings. The van der Waals surface area contributed by atoms with Gasteiger partial charge in [-0.3, -0.25) is 0 Å². The number of carbonyl (C=O) groups is 4. The Hall–Kier alpha value is -4.56. The molecule has 2 aromatic carbocycles. The summed E-state index contributed by atoms with van der Waals surface area (Å²) in [5.74, 6) is 9.25. The highest BCUT2D eigenvalue weighted by Crippen LogP contribution is 2.14. The topological polar surface area (TPSA) is 105 Å². The van der Waals surface area contributed by atoms with E-state index in [2.05, 4.69) is 23.7 Å². The van der Waals surface area contributed by atoms with Crippen LogP contribution in [-0.4, -0.2) is 52.3 Å². The molecule has 0 saturated heterocycles. The number of hydrogen-bond donors (Lipinski definition) is 0. The molecule has 8 heteroatoms. The summed E-state index contributed by atoms with van der Waals surface area (Å²) in [6.07, 6.45) is 0.785. The van der Waals surface area contributed by atoms with Crippen LogP contribution in [0.1, 0.15) is 65.4 Å². The summed E-state index contributed by atoms with van der Waals surface area (Å²) < 4.78 is 18.8. The van der Waals surface area contributed by atoms with Crippen LogP contribution in [0.2, 0.25) is 0 Å². The standard InChI is InChI=1S/C26H22O8/c1-31-23(27)19-11-17(12-20(15-19)24(28)32-2)9-7-5-6-8-10-18-13-21(25(29)33-3)16-22(14-18)26(30)34-4/h11-16H,5-6H2,1-4H3. The van der Waals surface area contributed by atoms with E-state index in [1.807, 2.05) is 0 Å². The molecule has 2 rings (SSSR count). The third kappa shape index (κ3) is 6.98. The summed E-state index contributed by atoms with van der Waals surface area (Å²) in [5, 5.41) is 0. The second-order valence-electron chi connectivity index (χ2n) is 6.67. The lowest BCUT2D eigenvalue weighted by molar-refractivity contribution is 0.0581. The smallest absolute Gasteiger partial charge is 0.337 e. The first kappa shape index (κ1) is 25.7. The Morgan fingerprint density at radius 3 is 1.03 bits per heavy atom. The Kier molecular flexibility index (Phi) is 9.43. The molecule has 0 fully saturated rings. The van der Waals surface area contributed by atoms with E-state index in [-0.39, 0.29) is 22.3 Å². The third-order valence-corrected chi connectivity index (χ3v) is 4.39. The van der Waals surface area contributed by atoms with Crippen molar-refractivity contribution in [3.05, 3.63) is 69.8 Å². The quantitative estimate of drug-likeness (QED) is 0.289. The highest BCUT2D eigenvalue weighted by atomic mass is 16.5. The predicted molar refractivity (Wildman–Crippen MR) is 121 cm³/mol. The summed E-state index contributed by atoms with van der Waals surface area (Å²) >= 11 is 0. The van der Waals surface area contributed by atoms with Gasteiger partial charge in [0.25, 0.3) is 0 Å². The van der Waals surface area contributed by atoms with E-state index in [1.165, 1.54) is 64.8 Å². The Morgan fingerprint density at radius 1 is 0.529 bits per heavy atom. The maximum Gasteiger partial charge on any atom is 0.337 e. The summed E-state index contributed by atoms with van der Waals surface area (Å²) in [7, 11) is 4.97. The zero-order valence-electron chi connectivity index (χ0n) is 19.1. The van der Waals surface area contributed by atoms with E-state index < -0.39 is 23.9 Å². The molecule has 174 valence electrons. The first-order chi connectivity index (χ1) is 16.3. The molecule has 0 aromatic heterocycles. The number of unbranched alkanes of at least 4 members (excludes halogenated alkanes) is 1. The molecule has 0 atom stereocenters. The van der Waals surface area contributed by atoms with E-state index >= 15 is 0 Å². The highest BCUT2D eigenvalue weighted by molar-refractivity contribution is 5.96. The fourth-order valence-corrected chi connectivity index (χ4v) is 2.80. The predicted octanol–water partition coefficient (Wildman–Crippen LogP) is 3.02. The molecular formula is C26H22O8. The van der Waals surface area contributed by atoms with Crippen molar-refractivity contribution >= 4 is 23.9 Å². The summed E-state index contributed by atoms with van der Waals surface area (Å²) in [6, 6.07) is 8.82. The molecule has 34 heavy (non-hydrogen) atoms. The Labute approximate surface area is 197 Å². The van der Waals surface area contributed by atoms with Crippen molar-refractivity contribution in [2.75, 3.05) is 28.4 Å². The van der Waals surface area contributed by atoms with Crippen molar-refractivity contribution in [3.8, 4) is 23.7 Å². The molecule has 0 aliphatic carbocycles. The number of rotatable bonds is 5. The molecule has 0 heterocycles. The average molecular weight is 462 g/mol. The van der Waals surface area contributed by atoms with Gasteiger partial charge in [0.2, 0.25) is 0 Å². The number of methoxy groups -OCH3 is 4.